The molecule has 1 fully saturated rings. The van der Waals surface area contributed by atoms with E-state index in [4.69, 9.17) is 5.73 Å². The molecule has 9 heteroatoms. The highest BCUT2D eigenvalue weighted by atomic mass is 19.4. The molecular formula is C12H20F3N3O3. The third-order valence-corrected chi connectivity index (χ3v) is 3.19. The molecule has 0 aromatic heterocycles. The standard InChI is InChI=1S/C12H20F3N3O3/c1-8(6-21-7-12(13,14)15)17-11(20)18-4-2-9(3-5-18)10(16)19/h8-9H,2-7H2,1H3,(H2,16,19)(H,17,20)/t8-/m1/s1. The Morgan fingerprint density at radius 1 is 1.38 bits per heavy atom. The topological polar surface area (TPSA) is 84.7 Å². The molecule has 0 unspecified atom stereocenters. The third-order valence-electron chi connectivity index (χ3n) is 3.19. The van der Waals surface area contributed by atoms with Gasteiger partial charge in [0.05, 0.1) is 12.6 Å². The Morgan fingerprint density at radius 3 is 2.43 bits per heavy atom. The number of urea groups is 1. The van der Waals surface area contributed by atoms with Crippen molar-refractivity contribution in [2.75, 3.05) is 26.3 Å². The first-order valence-corrected chi connectivity index (χ1v) is 6.68. The molecule has 21 heavy (non-hydrogen) atoms. The Kier molecular flexibility index (Phi) is 6.25. The molecular weight excluding hydrogens is 291 g/mol. The number of halogens is 3. The van der Waals surface area contributed by atoms with Crippen LogP contribution in [0.2, 0.25) is 0 Å². The number of nitrogens with zero attached hydrogens (tertiary/aromatic N) is 1. The van der Waals surface area contributed by atoms with Crippen LogP contribution in [0.3, 0.4) is 0 Å². The van der Waals surface area contributed by atoms with Gasteiger partial charge in [0.2, 0.25) is 5.91 Å². The maximum absolute atomic E-state index is 11.9. The zero-order chi connectivity index (χ0) is 16.0. The lowest BCUT2D eigenvalue weighted by molar-refractivity contribution is -0.174. The first kappa shape index (κ1) is 17.5. The van der Waals surface area contributed by atoms with Crippen LogP contribution in [0.15, 0.2) is 0 Å². The molecule has 0 aromatic rings. The van der Waals surface area contributed by atoms with Gasteiger partial charge >= 0.3 is 12.2 Å². The van der Waals surface area contributed by atoms with Gasteiger partial charge in [0, 0.05) is 19.0 Å². The number of likely N-dealkylation sites (tertiary alicyclic amines) is 1. The lowest BCUT2D eigenvalue weighted by Crippen LogP contribution is -2.49. The lowest BCUT2D eigenvalue weighted by Gasteiger charge is -2.31. The molecule has 1 rings (SSSR count). The molecule has 0 radical (unpaired) electrons. The van der Waals surface area contributed by atoms with E-state index in [-0.39, 0.29) is 24.5 Å². The van der Waals surface area contributed by atoms with Crippen molar-refractivity contribution in [2.45, 2.75) is 32.0 Å². The Labute approximate surface area is 120 Å². The molecule has 1 atom stereocenters. The summed E-state index contributed by atoms with van der Waals surface area (Å²) in [5, 5.41) is 2.56. The number of rotatable bonds is 5. The van der Waals surface area contributed by atoms with E-state index in [1.807, 2.05) is 0 Å². The van der Waals surface area contributed by atoms with Gasteiger partial charge in [0.15, 0.2) is 0 Å². The minimum Gasteiger partial charge on any atom is -0.370 e. The molecule has 122 valence electrons. The third kappa shape index (κ3) is 6.65. The van der Waals surface area contributed by atoms with Crippen molar-refractivity contribution < 1.29 is 27.5 Å². The number of hydrogen-bond acceptors (Lipinski definition) is 3. The van der Waals surface area contributed by atoms with Crippen LogP contribution in [0.25, 0.3) is 0 Å². The molecule has 1 aliphatic heterocycles. The maximum atomic E-state index is 11.9. The second kappa shape index (κ2) is 7.48. The van der Waals surface area contributed by atoms with Crippen LogP contribution in [-0.2, 0) is 9.53 Å². The van der Waals surface area contributed by atoms with Crippen LogP contribution in [0.1, 0.15) is 19.8 Å². The van der Waals surface area contributed by atoms with Crippen LogP contribution in [0.4, 0.5) is 18.0 Å². The molecule has 3 N–H and O–H groups in total. The number of primary amides is 1. The zero-order valence-electron chi connectivity index (χ0n) is 11.8. The minimum atomic E-state index is -4.37. The number of alkyl halides is 3. The number of amides is 3. The van der Waals surface area contributed by atoms with Crippen molar-refractivity contribution in [1.29, 1.82) is 0 Å². The fourth-order valence-electron chi connectivity index (χ4n) is 2.06. The Hall–Kier alpha value is -1.51. The summed E-state index contributed by atoms with van der Waals surface area (Å²) in [4.78, 5) is 24.4. The fraction of sp³-hybridized carbons (Fsp3) is 0.833. The Balaban J connectivity index is 2.25. The number of carbonyl (C=O) groups excluding carboxylic acids is 2. The molecule has 0 aliphatic carbocycles. The summed E-state index contributed by atoms with van der Waals surface area (Å²) in [6.07, 6.45) is -3.37. The predicted molar refractivity (Wildman–Crippen MR) is 68.4 cm³/mol. The van der Waals surface area contributed by atoms with Gasteiger partial charge in [-0.05, 0) is 19.8 Å². The van der Waals surface area contributed by atoms with Crippen molar-refractivity contribution >= 4 is 11.9 Å². The smallest absolute Gasteiger partial charge is 0.370 e. The van der Waals surface area contributed by atoms with Gasteiger partial charge in [0.25, 0.3) is 0 Å². The number of carbonyl (C=O) groups is 2. The van der Waals surface area contributed by atoms with Gasteiger partial charge in [-0.1, -0.05) is 0 Å². The molecule has 0 saturated carbocycles. The summed E-state index contributed by atoms with van der Waals surface area (Å²) in [7, 11) is 0. The normalized spacial score (nSPS) is 18.4. The van der Waals surface area contributed by atoms with Crippen LogP contribution in [-0.4, -0.2) is 55.4 Å². The van der Waals surface area contributed by atoms with Crippen molar-refractivity contribution in [3.05, 3.63) is 0 Å². The van der Waals surface area contributed by atoms with E-state index >= 15 is 0 Å². The van der Waals surface area contributed by atoms with E-state index < -0.39 is 18.8 Å². The highest BCUT2D eigenvalue weighted by Gasteiger charge is 2.28. The van der Waals surface area contributed by atoms with Crippen LogP contribution in [0, 0.1) is 5.92 Å². The van der Waals surface area contributed by atoms with E-state index in [2.05, 4.69) is 10.1 Å². The monoisotopic (exact) mass is 311 g/mol. The molecule has 6 nitrogen and oxygen atoms in total. The Morgan fingerprint density at radius 2 is 1.95 bits per heavy atom. The molecule has 0 bridgehead atoms. The average Bonchev–Trinajstić information content (AvgIpc) is 2.37. The summed E-state index contributed by atoms with van der Waals surface area (Å²) < 4.78 is 40.2. The lowest BCUT2D eigenvalue weighted by atomic mass is 9.96. The first-order chi connectivity index (χ1) is 9.69. The van der Waals surface area contributed by atoms with Gasteiger partial charge in [-0.25, -0.2) is 4.79 Å². The summed E-state index contributed by atoms with van der Waals surface area (Å²) in [5.41, 5.74) is 5.19. The second-order valence-corrected chi connectivity index (χ2v) is 5.14. The second-order valence-electron chi connectivity index (χ2n) is 5.14. The number of piperidine rings is 1. The highest BCUT2D eigenvalue weighted by Crippen LogP contribution is 2.17. The van der Waals surface area contributed by atoms with E-state index in [9.17, 15) is 22.8 Å². The summed E-state index contributed by atoms with van der Waals surface area (Å²) in [6.45, 7) is 0.801. The summed E-state index contributed by atoms with van der Waals surface area (Å²) >= 11 is 0. The SMILES string of the molecule is C[C@H](COCC(F)(F)F)NC(=O)N1CCC(C(N)=O)CC1. The van der Waals surface area contributed by atoms with Gasteiger partial charge in [-0.3, -0.25) is 4.79 Å². The minimum absolute atomic E-state index is 0.219. The van der Waals surface area contributed by atoms with Crippen LogP contribution < -0.4 is 11.1 Å². The number of hydrogen-bond donors (Lipinski definition) is 2. The van der Waals surface area contributed by atoms with Crippen LogP contribution >= 0.6 is 0 Å². The van der Waals surface area contributed by atoms with E-state index in [0.717, 1.165) is 0 Å². The number of ether oxygens (including phenoxy) is 1. The van der Waals surface area contributed by atoms with Gasteiger partial charge in [0.1, 0.15) is 6.61 Å². The fourth-order valence-corrected chi connectivity index (χ4v) is 2.06. The van der Waals surface area contributed by atoms with Gasteiger partial charge in [-0.15, -0.1) is 0 Å². The van der Waals surface area contributed by atoms with E-state index in [1.54, 1.807) is 6.92 Å². The molecule has 1 aliphatic rings. The quantitative estimate of drug-likeness (QED) is 0.790. The summed E-state index contributed by atoms with van der Waals surface area (Å²) in [5.74, 6) is -0.592. The van der Waals surface area contributed by atoms with Gasteiger partial charge < -0.3 is 20.7 Å². The van der Waals surface area contributed by atoms with Crippen LogP contribution in [0.5, 0.6) is 0 Å². The zero-order valence-corrected chi connectivity index (χ0v) is 11.8. The molecule has 0 spiro atoms. The first-order valence-electron chi connectivity index (χ1n) is 6.68. The summed E-state index contributed by atoms with van der Waals surface area (Å²) in [6, 6.07) is -0.908. The Bertz CT molecular complexity index is 368. The van der Waals surface area contributed by atoms with E-state index in [0.29, 0.717) is 25.9 Å². The van der Waals surface area contributed by atoms with Crippen molar-refractivity contribution in [1.82, 2.24) is 10.2 Å². The largest absolute Gasteiger partial charge is 0.411 e. The average molecular weight is 311 g/mol. The van der Waals surface area contributed by atoms with Gasteiger partial charge in [-0.2, -0.15) is 13.2 Å². The van der Waals surface area contributed by atoms with Crippen molar-refractivity contribution in [2.24, 2.45) is 11.7 Å². The van der Waals surface area contributed by atoms with Crippen molar-refractivity contribution in [3.8, 4) is 0 Å². The maximum Gasteiger partial charge on any atom is 0.411 e. The molecule has 3 amide bonds. The van der Waals surface area contributed by atoms with E-state index in [1.165, 1.54) is 4.90 Å². The number of nitrogens with two attached hydrogens (primary N) is 1. The number of nitrogens with one attached hydrogen (secondary N) is 1. The predicted octanol–water partition coefficient (Wildman–Crippen LogP) is 0.861. The molecule has 0 aromatic carbocycles. The molecule has 1 saturated heterocycles. The van der Waals surface area contributed by atoms with Crippen molar-refractivity contribution in [3.63, 3.8) is 0 Å². The highest BCUT2D eigenvalue weighted by molar-refractivity contribution is 5.78. The molecule has 1 heterocycles.